The van der Waals surface area contributed by atoms with Crippen LogP contribution in [-0.4, -0.2) is 41.6 Å². The molecule has 6 nitrogen and oxygen atoms in total. The topological polar surface area (TPSA) is 66.5 Å². The standard InChI is InChI=1S/C21H24FN5O/c1-27(2)21(24-15-16-7-4-3-5-8-16)23-14-6-9-19-25-20(26-28-19)17-10-12-18(22)13-11-17/h3-5,7-8,10-13H,6,9,14-15H2,1-2H3,(H,23,24). The van der Waals surface area contributed by atoms with Gasteiger partial charge in [-0.2, -0.15) is 4.98 Å². The molecule has 0 saturated carbocycles. The molecule has 1 heterocycles. The number of aromatic nitrogens is 2. The molecular formula is C21H24FN5O. The van der Waals surface area contributed by atoms with E-state index in [1.54, 1.807) is 12.1 Å². The van der Waals surface area contributed by atoms with Gasteiger partial charge in [-0.1, -0.05) is 35.5 Å². The van der Waals surface area contributed by atoms with Crippen LogP contribution in [0.4, 0.5) is 4.39 Å². The summed E-state index contributed by atoms with van der Waals surface area (Å²) in [5, 5.41) is 7.31. The molecule has 7 heteroatoms. The van der Waals surface area contributed by atoms with Crippen molar-refractivity contribution >= 4 is 5.96 Å². The molecule has 2 aromatic carbocycles. The number of benzene rings is 2. The first-order chi connectivity index (χ1) is 13.6. The van der Waals surface area contributed by atoms with E-state index >= 15 is 0 Å². The number of rotatable bonds is 7. The van der Waals surface area contributed by atoms with Crippen molar-refractivity contribution in [2.24, 2.45) is 4.99 Å². The molecule has 3 rings (SSSR count). The Morgan fingerprint density at radius 3 is 2.57 bits per heavy atom. The van der Waals surface area contributed by atoms with Crippen LogP contribution >= 0.6 is 0 Å². The van der Waals surface area contributed by atoms with Gasteiger partial charge in [0.15, 0.2) is 5.96 Å². The van der Waals surface area contributed by atoms with Crippen LogP contribution in [0.2, 0.25) is 0 Å². The first-order valence-corrected chi connectivity index (χ1v) is 9.20. The summed E-state index contributed by atoms with van der Waals surface area (Å²) in [5.74, 6) is 1.58. The van der Waals surface area contributed by atoms with Gasteiger partial charge in [0.05, 0.1) is 6.54 Å². The van der Waals surface area contributed by atoms with Crippen molar-refractivity contribution in [2.75, 3.05) is 20.6 Å². The van der Waals surface area contributed by atoms with E-state index < -0.39 is 0 Å². The van der Waals surface area contributed by atoms with E-state index in [1.807, 2.05) is 37.2 Å². The van der Waals surface area contributed by atoms with Crippen LogP contribution in [0.3, 0.4) is 0 Å². The largest absolute Gasteiger partial charge is 0.356 e. The summed E-state index contributed by atoms with van der Waals surface area (Å²) in [6.07, 6.45) is 1.48. The molecule has 0 radical (unpaired) electrons. The van der Waals surface area contributed by atoms with Crippen LogP contribution in [0.1, 0.15) is 17.9 Å². The Kier molecular flexibility index (Phi) is 6.73. The van der Waals surface area contributed by atoms with E-state index in [-0.39, 0.29) is 5.82 Å². The summed E-state index contributed by atoms with van der Waals surface area (Å²) in [5.41, 5.74) is 1.90. The fourth-order valence-corrected chi connectivity index (χ4v) is 2.62. The number of hydrogen-bond acceptors (Lipinski definition) is 4. The monoisotopic (exact) mass is 381 g/mol. The summed E-state index contributed by atoms with van der Waals surface area (Å²) >= 11 is 0. The van der Waals surface area contributed by atoms with Crippen molar-refractivity contribution in [1.82, 2.24) is 20.4 Å². The van der Waals surface area contributed by atoms with E-state index in [1.165, 1.54) is 17.7 Å². The van der Waals surface area contributed by atoms with Crippen LogP contribution in [0, 0.1) is 5.82 Å². The van der Waals surface area contributed by atoms with Gasteiger partial charge in [-0.05, 0) is 36.2 Å². The molecule has 3 aromatic rings. The molecule has 1 aromatic heterocycles. The normalized spacial score (nSPS) is 11.5. The van der Waals surface area contributed by atoms with Gasteiger partial charge in [0, 0.05) is 32.6 Å². The molecule has 0 aliphatic carbocycles. The average molecular weight is 381 g/mol. The zero-order valence-electron chi connectivity index (χ0n) is 16.1. The maximum Gasteiger partial charge on any atom is 0.227 e. The van der Waals surface area contributed by atoms with Gasteiger partial charge in [-0.3, -0.25) is 0 Å². The fraction of sp³-hybridized carbons (Fsp3) is 0.286. The fourth-order valence-electron chi connectivity index (χ4n) is 2.62. The summed E-state index contributed by atoms with van der Waals surface area (Å²) in [4.78, 5) is 11.0. The highest BCUT2D eigenvalue weighted by atomic mass is 19.1. The Morgan fingerprint density at radius 2 is 1.86 bits per heavy atom. The van der Waals surface area contributed by atoms with Crippen molar-refractivity contribution in [3.05, 3.63) is 71.9 Å². The van der Waals surface area contributed by atoms with Crippen LogP contribution in [0.15, 0.2) is 64.1 Å². The third-order valence-electron chi connectivity index (χ3n) is 4.10. The number of halogens is 1. The number of hydrogen-bond donors (Lipinski definition) is 1. The molecule has 28 heavy (non-hydrogen) atoms. The third kappa shape index (κ3) is 5.64. The predicted octanol–water partition coefficient (Wildman–Crippen LogP) is 3.52. The Balaban J connectivity index is 1.48. The van der Waals surface area contributed by atoms with Gasteiger partial charge in [0.25, 0.3) is 0 Å². The lowest BCUT2D eigenvalue weighted by Gasteiger charge is -2.17. The lowest BCUT2D eigenvalue weighted by Crippen LogP contribution is -2.37. The van der Waals surface area contributed by atoms with Crippen molar-refractivity contribution in [3.8, 4) is 11.4 Å². The van der Waals surface area contributed by atoms with E-state index in [2.05, 4.69) is 32.6 Å². The first-order valence-electron chi connectivity index (χ1n) is 9.20. The van der Waals surface area contributed by atoms with Crippen molar-refractivity contribution in [2.45, 2.75) is 19.4 Å². The predicted molar refractivity (Wildman–Crippen MR) is 107 cm³/mol. The van der Waals surface area contributed by atoms with Gasteiger partial charge in [-0.25, -0.2) is 9.38 Å². The minimum Gasteiger partial charge on any atom is -0.356 e. The van der Waals surface area contributed by atoms with Gasteiger partial charge in [-0.15, -0.1) is 0 Å². The molecule has 0 saturated heterocycles. The molecule has 1 N–H and O–H groups in total. The molecule has 146 valence electrons. The average Bonchev–Trinajstić information content (AvgIpc) is 3.17. The molecule has 0 atom stereocenters. The van der Waals surface area contributed by atoms with Crippen molar-refractivity contribution in [3.63, 3.8) is 0 Å². The Morgan fingerprint density at radius 1 is 1.11 bits per heavy atom. The summed E-state index contributed by atoms with van der Waals surface area (Å²) < 4.78 is 18.3. The number of aliphatic imine (C=N–C) groups is 1. The highest BCUT2D eigenvalue weighted by molar-refractivity contribution is 5.79. The summed E-state index contributed by atoms with van der Waals surface area (Å²) in [6, 6.07) is 16.2. The SMILES string of the molecule is CN(C)C(=NCc1ccccc1)NCCCc1nc(-c2ccc(F)cc2)no1. The lowest BCUT2D eigenvalue weighted by atomic mass is 10.2. The van der Waals surface area contributed by atoms with Gasteiger partial charge >= 0.3 is 0 Å². The molecular weight excluding hydrogens is 357 g/mol. The molecule has 0 bridgehead atoms. The second-order valence-corrected chi connectivity index (χ2v) is 6.57. The molecule has 0 amide bonds. The quantitative estimate of drug-likeness (QED) is 0.385. The minimum atomic E-state index is -0.288. The summed E-state index contributed by atoms with van der Waals surface area (Å²) in [6.45, 7) is 1.37. The van der Waals surface area contributed by atoms with Crippen LogP contribution in [0.25, 0.3) is 11.4 Å². The molecule has 0 fully saturated rings. The number of guanidine groups is 1. The zero-order valence-corrected chi connectivity index (χ0v) is 16.1. The third-order valence-corrected chi connectivity index (χ3v) is 4.10. The molecule has 0 aliphatic heterocycles. The van der Waals surface area contributed by atoms with Crippen molar-refractivity contribution < 1.29 is 8.91 Å². The number of nitrogens with zero attached hydrogens (tertiary/aromatic N) is 4. The Hall–Kier alpha value is -3.22. The molecule has 0 aliphatic rings. The Labute approximate surface area is 164 Å². The lowest BCUT2D eigenvalue weighted by molar-refractivity contribution is 0.375. The van der Waals surface area contributed by atoms with E-state index in [0.717, 1.165) is 24.5 Å². The number of nitrogens with one attached hydrogen (secondary N) is 1. The summed E-state index contributed by atoms with van der Waals surface area (Å²) in [7, 11) is 3.92. The van der Waals surface area contributed by atoms with Crippen LogP contribution < -0.4 is 5.32 Å². The minimum absolute atomic E-state index is 0.288. The van der Waals surface area contributed by atoms with Crippen LogP contribution in [-0.2, 0) is 13.0 Å². The van der Waals surface area contributed by atoms with E-state index in [4.69, 9.17) is 4.52 Å². The maximum atomic E-state index is 13.0. The van der Waals surface area contributed by atoms with Gasteiger partial charge in [0.1, 0.15) is 5.82 Å². The van der Waals surface area contributed by atoms with E-state index in [0.29, 0.717) is 24.7 Å². The highest BCUT2D eigenvalue weighted by Crippen LogP contribution is 2.16. The second-order valence-electron chi connectivity index (χ2n) is 6.57. The number of aryl methyl sites for hydroxylation is 1. The van der Waals surface area contributed by atoms with Gasteiger partial charge in [0.2, 0.25) is 11.7 Å². The van der Waals surface area contributed by atoms with Crippen molar-refractivity contribution in [1.29, 1.82) is 0 Å². The zero-order chi connectivity index (χ0) is 19.8. The van der Waals surface area contributed by atoms with Crippen LogP contribution in [0.5, 0.6) is 0 Å². The maximum absolute atomic E-state index is 13.0. The highest BCUT2D eigenvalue weighted by Gasteiger charge is 2.09. The second kappa shape index (κ2) is 9.64. The molecule has 0 unspecified atom stereocenters. The van der Waals surface area contributed by atoms with E-state index in [9.17, 15) is 4.39 Å². The van der Waals surface area contributed by atoms with Gasteiger partial charge < -0.3 is 14.7 Å². The Bertz CT molecular complexity index is 891. The smallest absolute Gasteiger partial charge is 0.227 e. The molecule has 0 spiro atoms. The first kappa shape index (κ1) is 19.5.